The van der Waals surface area contributed by atoms with Crippen LogP contribution < -0.4 is 5.32 Å². The van der Waals surface area contributed by atoms with Gasteiger partial charge in [-0.05, 0) is 44.4 Å². The number of carbonyl (C=O) groups excluding carboxylic acids is 2. The van der Waals surface area contributed by atoms with Crippen molar-refractivity contribution in [3.05, 3.63) is 0 Å². The first-order valence-corrected chi connectivity index (χ1v) is 6.28. The number of rotatable bonds is 1. The van der Waals surface area contributed by atoms with Crippen molar-refractivity contribution in [3.63, 3.8) is 0 Å². The zero-order valence-corrected chi connectivity index (χ0v) is 9.66. The van der Waals surface area contributed by atoms with Crippen LogP contribution in [-0.2, 0) is 4.79 Å². The second-order valence-electron chi connectivity index (χ2n) is 5.60. The molecule has 1 spiro atoms. The molecule has 3 aliphatic rings. The summed E-state index contributed by atoms with van der Waals surface area (Å²) >= 11 is 0. The highest BCUT2D eigenvalue weighted by Gasteiger charge is 2.55. The van der Waals surface area contributed by atoms with E-state index < -0.39 is 5.54 Å². The Bertz CT molecular complexity index is 341. The Balaban J connectivity index is 1.82. The van der Waals surface area contributed by atoms with Gasteiger partial charge in [-0.3, -0.25) is 9.69 Å². The molecule has 1 N–H and O–H groups in total. The van der Waals surface area contributed by atoms with Crippen LogP contribution in [0.25, 0.3) is 0 Å². The zero-order chi connectivity index (χ0) is 11.3. The molecule has 0 aromatic rings. The fourth-order valence-electron chi connectivity index (χ4n) is 2.90. The lowest BCUT2D eigenvalue weighted by Gasteiger charge is -2.33. The molecule has 88 valence electrons. The maximum atomic E-state index is 12.3. The van der Waals surface area contributed by atoms with Gasteiger partial charge in [0.05, 0.1) is 0 Å². The number of hydrogen-bond acceptors (Lipinski definition) is 2. The summed E-state index contributed by atoms with van der Waals surface area (Å²) in [5.41, 5.74) is -0.536. The van der Waals surface area contributed by atoms with E-state index in [2.05, 4.69) is 12.2 Å². The minimum Gasteiger partial charge on any atom is -0.323 e. The summed E-state index contributed by atoms with van der Waals surface area (Å²) in [5, 5.41) is 2.95. The van der Waals surface area contributed by atoms with Crippen LogP contribution in [0.1, 0.15) is 45.4 Å². The van der Waals surface area contributed by atoms with Crippen LogP contribution >= 0.6 is 0 Å². The molecular formula is C12H18N2O2. The molecule has 1 saturated heterocycles. The molecule has 0 unspecified atom stereocenters. The number of hydrogen-bond donors (Lipinski definition) is 1. The molecule has 0 bridgehead atoms. The fraction of sp³-hybridized carbons (Fsp3) is 0.833. The molecule has 0 atom stereocenters. The van der Waals surface area contributed by atoms with E-state index in [9.17, 15) is 9.59 Å². The smallest absolute Gasteiger partial charge is 0.323 e. The molecule has 2 saturated carbocycles. The van der Waals surface area contributed by atoms with Crippen molar-refractivity contribution in [2.24, 2.45) is 5.92 Å². The lowest BCUT2D eigenvalue weighted by molar-refractivity contribution is -0.133. The fourth-order valence-corrected chi connectivity index (χ4v) is 2.90. The molecule has 4 heteroatoms. The Labute approximate surface area is 95.4 Å². The second kappa shape index (κ2) is 3.22. The maximum Gasteiger partial charge on any atom is 0.325 e. The van der Waals surface area contributed by atoms with Crippen LogP contribution in [0.3, 0.4) is 0 Å². The second-order valence-corrected chi connectivity index (χ2v) is 5.60. The number of nitrogens with zero attached hydrogens (tertiary/aromatic N) is 1. The average molecular weight is 222 g/mol. The van der Waals surface area contributed by atoms with Crippen molar-refractivity contribution >= 4 is 11.9 Å². The minimum absolute atomic E-state index is 0.0481. The average Bonchev–Trinajstić information content (AvgIpc) is 3.03. The van der Waals surface area contributed by atoms with Gasteiger partial charge in [0.2, 0.25) is 0 Å². The van der Waals surface area contributed by atoms with Crippen molar-refractivity contribution in [2.45, 2.75) is 57.0 Å². The number of carbonyl (C=O) groups is 2. The summed E-state index contributed by atoms with van der Waals surface area (Å²) < 4.78 is 0. The maximum absolute atomic E-state index is 12.3. The van der Waals surface area contributed by atoms with Crippen molar-refractivity contribution in [1.29, 1.82) is 0 Å². The van der Waals surface area contributed by atoms with Gasteiger partial charge in [0.1, 0.15) is 5.54 Å². The van der Waals surface area contributed by atoms with Crippen molar-refractivity contribution in [2.75, 3.05) is 0 Å². The summed E-state index contributed by atoms with van der Waals surface area (Å²) in [5.74, 6) is 0.734. The zero-order valence-electron chi connectivity index (χ0n) is 9.66. The van der Waals surface area contributed by atoms with Crippen molar-refractivity contribution < 1.29 is 9.59 Å². The first-order chi connectivity index (χ1) is 7.62. The normalized spacial score (nSPS) is 39.3. The van der Waals surface area contributed by atoms with Crippen LogP contribution in [0.15, 0.2) is 0 Å². The van der Waals surface area contributed by atoms with Gasteiger partial charge in [-0.1, -0.05) is 6.92 Å². The number of urea groups is 1. The van der Waals surface area contributed by atoms with E-state index in [-0.39, 0.29) is 18.0 Å². The van der Waals surface area contributed by atoms with Crippen LogP contribution in [-0.4, -0.2) is 28.4 Å². The lowest BCUT2D eigenvalue weighted by Crippen LogP contribution is -2.49. The van der Waals surface area contributed by atoms with E-state index in [1.54, 1.807) is 0 Å². The Kier molecular flexibility index (Phi) is 2.03. The first kappa shape index (κ1) is 10.1. The minimum atomic E-state index is -0.536. The SMILES string of the molecule is CC1CCC2(CC1)NC(=O)N(C1CC1)C2=O. The highest BCUT2D eigenvalue weighted by Crippen LogP contribution is 2.40. The van der Waals surface area contributed by atoms with E-state index in [1.807, 2.05) is 0 Å². The Morgan fingerprint density at radius 1 is 1.19 bits per heavy atom. The van der Waals surface area contributed by atoms with E-state index in [0.717, 1.165) is 38.5 Å². The largest absolute Gasteiger partial charge is 0.325 e. The monoisotopic (exact) mass is 222 g/mol. The van der Waals surface area contributed by atoms with Gasteiger partial charge in [0.25, 0.3) is 5.91 Å². The molecule has 1 heterocycles. The molecule has 3 rings (SSSR count). The summed E-state index contributed by atoms with van der Waals surface area (Å²) in [6.45, 7) is 2.22. The van der Waals surface area contributed by atoms with Crippen LogP contribution in [0, 0.1) is 5.92 Å². The molecule has 3 fully saturated rings. The van der Waals surface area contributed by atoms with Crippen molar-refractivity contribution in [1.82, 2.24) is 10.2 Å². The van der Waals surface area contributed by atoms with Gasteiger partial charge in [0, 0.05) is 6.04 Å². The molecule has 1 aliphatic heterocycles. The summed E-state index contributed by atoms with van der Waals surface area (Å²) in [6.07, 6.45) is 5.72. The first-order valence-electron chi connectivity index (χ1n) is 6.28. The van der Waals surface area contributed by atoms with E-state index >= 15 is 0 Å². The molecule has 4 nitrogen and oxygen atoms in total. The topological polar surface area (TPSA) is 49.4 Å². The Morgan fingerprint density at radius 2 is 1.81 bits per heavy atom. The quantitative estimate of drug-likeness (QED) is 0.686. The molecule has 0 radical (unpaired) electrons. The van der Waals surface area contributed by atoms with Crippen molar-refractivity contribution in [3.8, 4) is 0 Å². The van der Waals surface area contributed by atoms with Crippen LogP contribution in [0.4, 0.5) is 4.79 Å². The van der Waals surface area contributed by atoms with E-state index in [1.165, 1.54) is 4.90 Å². The predicted octanol–water partition coefficient (Wildman–Crippen LogP) is 1.65. The van der Waals surface area contributed by atoms with Gasteiger partial charge in [-0.2, -0.15) is 0 Å². The molecule has 2 aliphatic carbocycles. The predicted molar refractivity (Wildman–Crippen MR) is 58.8 cm³/mol. The van der Waals surface area contributed by atoms with E-state index in [4.69, 9.17) is 0 Å². The Morgan fingerprint density at radius 3 is 2.38 bits per heavy atom. The van der Waals surface area contributed by atoms with Gasteiger partial charge in [-0.15, -0.1) is 0 Å². The standard InChI is InChI=1S/C12H18N2O2/c1-8-4-6-12(7-5-8)10(15)14(9-2-3-9)11(16)13-12/h8-9H,2-7H2,1H3,(H,13,16). The number of nitrogens with one attached hydrogen (secondary N) is 1. The Hall–Kier alpha value is -1.06. The van der Waals surface area contributed by atoms with Crippen LogP contribution in [0.2, 0.25) is 0 Å². The number of imide groups is 1. The third-order valence-corrected chi connectivity index (χ3v) is 4.23. The summed E-state index contributed by atoms with van der Waals surface area (Å²) in [4.78, 5) is 25.6. The highest BCUT2D eigenvalue weighted by molar-refractivity contribution is 6.07. The van der Waals surface area contributed by atoms with Gasteiger partial charge in [0.15, 0.2) is 0 Å². The summed E-state index contributed by atoms with van der Waals surface area (Å²) in [6, 6.07) is 0.0493. The van der Waals surface area contributed by atoms with Crippen LogP contribution in [0.5, 0.6) is 0 Å². The lowest BCUT2D eigenvalue weighted by atomic mass is 9.77. The number of amides is 3. The summed E-state index contributed by atoms with van der Waals surface area (Å²) in [7, 11) is 0. The molecular weight excluding hydrogens is 204 g/mol. The third-order valence-electron chi connectivity index (χ3n) is 4.23. The van der Waals surface area contributed by atoms with Gasteiger partial charge in [-0.25, -0.2) is 4.79 Å². The molecule has 0 aromatic heterocycles. The van der Waals surface area contributed by atoms with E-state index in [0.29, 0.717) is 5.92 Å². The molecule has 0 aromatic carbocycles. The van der Waals surface area contributed by atoms with Gasteiger partial charge >= 0.3 is 6.03 Å². The highest BCUT2D eigenvalue weighted by atomic mass is 16.2. The molecule has 16 heavy (non-hydrogen) atoms. The molecule has 3 amide bonds. The van der Waals surface area contributed by atoms with Gasteiger partial charge < -0.3 is 5.32 Å². The third kappa shape index (κ3) is 1.35.